The molecular formula is C26H33ClN4O. The topological polar surface area (TPSA) is 73.1 Å². The Bertz CT molecular complexity index is 984. The third kappa shape index (κ3) is 5.85. The first-order valence-electron chi connectivity index (χ1n) is 11.2. The molecular weight excluding hydrogens is 420 g/mol. The van der Waals surface area contributed by atoms with Crippen LogP contribution in [0.4, 0.5) is 0 Å². The van der Waals surface area contributed by atoms with Crippen LogP contribution in [0.2, 0.25) is 0 Å². The van der Waals surface area contributed by atoms with Gasteiger partial charge in [-0.25, -0.2) is 9.97 Å². The van der Waals surface area contributed by atoms with Crippen LogP contribution >= 0.6 is 12.4 Å². The molecule has 0 radical (unpaired) electrons. The summed E-state index contributed by atoms with van der Waals surface area (Å²) < 4.78 is 6.08. The lowest BCUT2D eigenvalue weighted by atomic mass is 9.98. The smallest absolute Gasteiger partial charge is 0.232 e. The summed E-state index contributed by atoms with van der Waals surface area (Å²) in [4.78, 5) is 9.67. The van der Waals surface area contributed by atoms with Gasteiger partial charge in [0.1, 0.15) is 5.69 Å². The number of rotatable bonds is 7. The van der Waals surface area contributed by atoms with Gasteiger partial charge < -0.3 is 15.8 Å². The molecule has 32 heavy (non-hydrogen) atoms. The fourth-order valence-electron chi connectivity index (χ4n) is 3.93. The summed E-state index contributed by atoms with van der Waals surface area (Å²) in [6, 6.07) is 16.8. The molecule has 4 rings (SSSR count). The Hall–Kier alpha value is -2.47. The Labute approximate surface area is 197 Å². The molecule has 1 aromatic heterocycles. The lowest BCUT2D eigenvalue weighted by Gasteiger charge is -2.22. The second-order valence-electron chi connectivity index (χ2n) is 8.59. The molecule has 2 aromatic carbocycles. The van der Waals surface area contributed by atoms with Gasteiger partial charge in [0.25, 0.3) is 0 Å². The van der Waals surface area contributed by atoms with E-state index in [2.05, 4.69) is 55.6 Å². The van der Waals surface area contributed by atoms with Crippen LogP contribution in [0.25, 0.3) is 22.5 Å². The number of nitrogens with two attached hydrogens (primary N) is 1. The van der Waals surface area contributed by atoms with Crippen LogP contribution < -0.4 is 15.8 Å². The van der Waals surface area contributed by atoms with Crippen LogP contribution in [0.3, 0.4) is 0 Å². The minimum absolute atomic E-state index is 0. The molecule has 0 bridgehead atoms. The van der Waals surface area contributed by atoms with Crippen molar-refractivity contribution in [1.82, 2.24) is 15.3 Å². The predicted molar refractivity (Wildman–Crippen MR) is 133 cm³/mol. The zero-order chi connectivity index (χ0) is 21.6. The van der Waals surface area contributed by atoms with E-state index in [4.69, 9.17) is 20.4 Å². The molecule has 3 aromatic rings. The van der Waals surface area contributed by atoms with Crippen molar-refractivity contribution in [2.75, 3.05) is 19.7 Å². The number of ether oxygens (including phenoxy) is 1. The van der Waals surface area contributed by atoms with Crippen molar-refractivity contribution < 1.29 is 4.74 Å². The van der Waals surface area contributed by atoms with Crippen molar-refractivity contribution >= 4 is 12.4 Å². The Kier molecular flexibility index (Phi) is 8.62. The molecule has 0 unspecified atom stereocenters. The number of nitrogens with one attached hydrogen (secondary N) is 1. The Morgan fingerprint density at radius 1 is 0.969 bits per heavy atom. The highest BCUT2D eigenvalue weighted by atomic mass is 35.5. The summed E-state index contributed by atoms with van der Waals surface area (Å²) in [6.45, 7) is 7.74. The van der Waals surface area contributed by atoms with Crippen LogP contribution in [0, 0.1) is 5.92 Å². The zero-order valence-electron chi connectivity index (χ0n) is 18.9. The van der Waals surface area contributed by atoms with Gasteiger partial charge in [0.15, 0.2) is 0 Å². The summed E-state index contributed by atoms with van der Waals surface area (Å²) in [7, 11) is 0. The molecule has 0 saturated carbocycles. The molecule has 0 spiro atoms. The maximum atomic E-state index is 6.08. The number of piperidine rings is 1. The predicted octanol–water partition coefficient (Wildman–Crippen LogP) is 5.19. The first-order chi connectivity index (χ1) is 15.1. The third-order valence-electron chi connectivity index (χ3n) is 5.99. The van der Waals surface area contributed by atoms with E-state index in [0.717, 1.165) is 54.0 Å². The monoisotopic (exact) mass is 452 g/mol. The van der Waals surface area contributed by atoms with Gasteiger partial charge in [-0.2, -0.15) is 0 Å². The number of nitrogens with zero attached hydrogens (tertiary/aromatic N) is 2. The summed E-state index contributed by atoms with van der Waals surface area (Å²) >= 11 is 0. The molecule has 5 nitrogen and oxygen atoms in total. The molecule has 0 aliphatic carbocycles. The summed E-state index contributed by atoms with van der Waals surface area (Å²) in [5, 5.41) is 3.40. The van der Waals surface area contributed by atoms with E-state index in [1.807, 2.05) is 12.1 Å². The maximum absolute atomic E-state index is 6.08. The van der Waals surface area contributed by atoms with Crippen molar-refractivity contribution in [3.8, 4) is 28.4 Å². The van der Waals surface area contributed by atoms with Crippen molar-refractivity contribution in [3.05, 3.63) is 65.9 Å². The maximum Gasteiger partial charge on any atom is 0.232 e. The Morgan fingerprint density at radius 2 is 1.59 bits per heavy atom. The highest BCUT2D eigenvalue weighted by Crippen LogP contribution is 2.31. The van der Waals surface area contributed by atoms with E-state index >= 15 is 0 Å². The lowest BCUT2D eigenvalue weighted by molar-refractivity contribution is 0.208. The average Bonchev–Trinajstić information content (AvgIpc) is 2.83. The van der Waals surface area contributed by atoms with Gasteiger partial charge in [-0.1, -0.05) is 62.4 Å². The van der Waals surface area contributed by atoms with Crippen molar-refractivity contribution in [2.45, 2.75) is 39.2 Å². The van der Waals surface area contributed by atoms with E-state index < -0.39 is 0 Å². The van der Waals surface area contributed by atoms with Crippen LogP contribution in [-0.2, 0) is 6.54 Å². The van der Waals surface area contributed by atoms with Gasteiger partial charge in [-0.05, 0) is 48.9 Å². The molecule has 2 heterocycles. The highest BCUT2D eigenvalue weighted by Gasteiger charge is 2.17. The molecule has 6 heteroatoms. The summed E-state index contributed by atoms with van der Waals surface area (Å²) in [5.74, 6) is 1.65. The molecule has 3 N–H and O–H groups in total. The normalized spacial score (nSPS) is 14.2. The van der Waals surface area contributed by atoms with E-state index in [0.29, 0.717) is 30.9 Å². The van der Waals surface area contributed by atoms with E-state index in [1.54, 1.807) is 6.20 Å². The molecule has 1 saturated heterocycles. The molecule has 0 amide bonds. The van der Waals surface area contributed by atoms with Gasteiger partial charge in [-0.3, -0.25) is 0 Å². The van der Waals surface area contributed by atoms with Crippen molar-refractivity contribution in [3.63, 3.8) is 0 Å². The van der Waals surface area contributed by atoms with Crippen LogP contribution in [0.15, 0.2) is 54.7 Å². The van der Waals surface area contributed by atoms with Crippen LogP contribution in [-0.4, -0.2) is 29.7 Å². The third-order valence-corrected chi connectivity index (χ3v) is 5.99. The Morgan fingerprint density at radius 3 is 2.22 bits per heavy atom. The molecule has 170 valence electrons. The number of halogens is 1. The standard InChI is InChI=1S/C26H32N4O.ClH/c1-18(2)21-7-9-23(10-8-21)26-25(22-5-3-19(15-27)4-6-22)29-16-24(30-26)31-17-20-11-13-28-14-12-20;/h3-10,16,18,20,28H,11-15,17,27H2,1-2H3;1H. The van der Waals surface area contributed by atoms with Gasteiger partial charge in [0.05, 0.1) is 18.5 Å². The number of aromatic nitrogens is 2. The van der Waals surface area contributed by atoms with Crippen molar-refractivity contribution in [2.24, 2.45) is 11.7 Å². The minimum atomic E-state index is 0. The van der Waals surface area contributed by atoms with Gasteiger partial charge >= 0.3 is 0 Å². The fourth-order valence-corrected chi connectivity index (χ4v) is 3.93. The minimum Gasteiger partial charge on any atom is -0.476 e. The van der Waals surface area contributed by atoms with Gasteiger partial charge in [0.2, 0.25) is 5.88 Å². The second-order valence-corrected chi connectivity index (χ2v) is 8.59. The summed E-state index contributed by atoms with van der Waals surface area (Å²) in [6.07, 6.45) is 4.03. The van der Waals surface area contributed by atoms with Gasteiger partial charge in [0, 0.05) is 17.7 Å². The average molecular weight is 453 g/mol. The zero-order valence-corrected chi connectivity index (χ0v) is 19.7. The molecule has 1 fully saturated rings. The van der Waals surface area contributed by atoms with Crippen LogP contribution in [0.1, 0.15) is 43.7 Å². The highest BCUT2D eigenvalue weighted by molar-refractivity contribution is 5.85. The summed E-state index contributed by atoms with van der Waals surface area (Å²) in [5.41, 5.74) is 11.9. The van der Waals surface area contributed by atoms with E-state index in [9.17, 15) is 0 Å². The largest absolute Gasteiger partial charge is 0.476 e. The first kappa shape index (κ1) is 24.2. The number of hydrogen-bond donors (Lipinski definition) is 2. The quantitative estimate of drug-likeness (QED) is 0.515. The number of hydrogen-bond acceptors (Lipinski definition) is 5. The van der Waals surface area contributed by atoms with E-state index in [1.165, 1.54) is 5.56 Å². The fraction of sp³-hybridized carbons (Fsp3) is 0.385. The van der Waals surface area contributed by atoms with E-state index in [-0.39, 0.29) is 12.4 Å². The molecule has 1 aliphatic heterocycles. The number of benzene rings is 2. The second kappa shape index (κ2) is 11.4. The lowest BCUT2D eigenvalue weighted by Crippen LogP contribution is -2.30. The molecule has 0 atom stereocenters. The van der Waals surface area contributed by atoms with Crippen LogP contribution in [0.5, 0.6) is 5.88 Å². The first-order valence-corrected chi connectivity index (χ1v) is 11.2. The molecule has 1 aliphatic rings. The Balaban J connectivity index is 0.00000289. The van der Waals surface area contributed by atoms with Gasteiger partial charge in [-0.15, -0.1) is 12.4 Å². The SMILES string of the molecule is CC(C)c1ccc(-c2nc(OCC3CCNCC3)cnc2-c2ccc(CN)cc2)cc1.Cl. The van der Waals surface area contributed by atoms with Crippen molar-refractivity contribution in [1.29, 1.82) is 0 Å².